The summed E-state index contributed by atoms with van der Waals surface area (Å²) in [6, 6.07) is 19.8. The number of anilines is 2. The minimum Gasteiger partial charge on any atom is -0.320 e. The topological polar surface area (TPSA) is 58.2 Å². The molecule has 0 fully saturated rings. The molecule has 0 saturated heterocycles. The summed E-state index contributed by atoms with van der Waals surface area (Å²) in [6.07, 6.45) is 0. The van der Waals surface area contributed by atoms with Crippen LogP contribution in [0.2, 0.25) is 0 Å². The average molecular weight is 488 g/mol. The number of benzene rings is 3. The number of rotatable bonds is 4. The molecule has 0 aromatic heterocycles. The van der Waals surface area contributed by atoms with Crippen molar-refractivity contribution in [2.24, 2.45) is 0 Å². The van der Waals surface area contributed by atoms with E-state index < -0.39 is 0 Å². The van der Waals surface area contributed by atoms with E-state index in [1.54, 1.807) is 42.5 Å². The highest BCUT2D eigenvalue weighted by Gasteiger charge is 2.15. The van der Waals surface area contributed by atoms with Crippen molar-refractivity contribution in [3.63, 3.8) is 0 Å². The third-order valence-corrected chi connectivity index (χ3v) is 5.29. The molecule has 4 nitrogen and oxygen atoms in total. The lowest BCUT2D eigenvalue weighted by molar-refractivity contribution is 0.101. The second-order valence-corrected chi connectivity index (χ2v) is 7.63. The summed E-state index contributed by atoms with van der Waals surface area (Å²) in [4.78, 5) is 25.3. The van der Waals surface area contributed by atoms with Gasteiger partial charge in [-0.3, -0.25) is 9.59 Å². The molecule has 0 unspecified atom stereocenters. The van der Waals surface area contributed by atoms with Gasteiger partial charge in [0.25, 0.3) is 11.8 Å². The predicted octanol–water partition coefficient (Wildman–Crippen LogP) is 6.02. The van der Waals surface area contributed by atoms with Gasteiger partial charge in [-0.05, 0) is 80.7 Å². The van der Waals surface area contributed by atoms with Gasteiger partial charge in [0, 0.05) is 8.95 Å². The monoisotopic (exact) mass is 486 g/mol. The van der Waals surface area contributed by atoms with E-state index in [0.717, 1.165) is 5.56 Å². The summed E-state index contributed by atoms with van der Waals surface area (Å²) in [5.74, 6) is -0.521. The summed E-state index contributed by atoms with van der Waals surface area (Å²) in [5, 5.41) is 5.76. The molecule has 0 aliphatic rings. The molecule has 0 saturated carbocycles. The third kappa shape index (κ3) is 4.64. The minimum absolute atomic E-state index is 0.260. The first-order valence-electron chi connectivity index (χ1n) is 8.18. The van der Waals surface area contributed by atoms with E-state index in [4.69, 9.17) is 0 Å². The zero-order valence-corrected chi connectivity index (χ0v) is 17.6. The predicted molar refractivity (Wildman–Crippen MR) is 115 cm³/mol. The molecule has 3 rings (SSSR count). The van der Waals surface area contributed by atoms with Gasteiger partial charge in [0.2, 0.25) is 0 Å². The summed E-state index contributed by atoms with van der Waals surface area (Å²) in [7, 11) is 0. The first-order chi connectivity index (χ1) is 13.0. The molecule has 0 aliphatic carbocycles. The Hall–Kier alpha value is -2.44. The van der Waals surface area contributed by atoms with E-state index >= 15 is 0 Å². The van der Waals surface area contributed by atoms with Crippen LogP contribution in [0, 0.1) is 6.92 Å². The third-order valence-electron chi connectivity index (χ3n) is 3.91. The SMILES string of the molecule is Cc1ccc(NC(=O)c2ccccc2Br)c(NC(=O)c2ccccc2Br)c1. The second kappa shape index (κ2) is 8.50. The molecule has 2 N–H and O–H groups in total. The van der Waals surface area contributed by atoms with Crippen molar-refractivity contribution in [3.8, 4) is 0 Å². The molecule has 27 heavy (non-hydrogen) atoms. The fraction of sp³-hybridized carbons (Fsp3) is 0.0476. The molecule has 0 bridgehead atoms. The van der Waals surface area contributed by atoms with Gasteiger partial charge in [0.05, 0.1) is 22.5 Å². The zero-order valence-electron chi connectivity index (χ0n) is 14.4. The Kier molecular flexibility index (Phi) is 6.08. The number of carbonyl (C=O) groups is 2. The molecule has 0 spiro atoms. The fourth-order valence-electron chi connectivity index (χ4n) is 2.54. The lowest BCUT2D eigenvalue weighted by Gasteiger charge is -2.14. The Labute approximate surface area is 174 Å². The first kappa shape index (κ1) is 19.3. The van der Waals surface area contributed by atoms with Crippen molar-refractivity contribution < 1.29 is 9.59 Å². The van der Waals surface area contributed by atoms with E-state index in [0.29, 0.717) is 31.4 Å². The van der Waals surface area contributed by atoms with Crippen LogP contribution in [0.25, 0.3) is 0 Å². The van der Waals surface area contributed by atoms with Crippen LogP contribution < -0.4 is 10.6 Å². The molecular weight excluding hydrogens is 472 g/mol. The average Bonchev–Trinajstić information content (AvgIpc) is 2.64. The molecule has 0 heterocycles. The summed E-state index contributed by atoms with van der Waals surface area (Å²) in [6.45, 7) is 1.92. The number of aryl methyl sites for hydroxylation is 1. The van der Waals surface area contributed by atoms with Gasteiger partial charge in [-0.25, -0.2) is 0 Å². The van der Waals surface area contributed by atoms with Crippen molar-refractivity contribution in [1.29, 1.82) is 0 Å². The largest absolute Gasteiger partial charge is 0.320 e. The van der Waals surface area contributed by atoms with E-state index in [1.165, 1.54) is 0 Å². The van der Waals surface area contributed by atoms with Gasteiger partial charge in [-0.2, -0.15) is 0 Å². The van der Waals surface area contributed by atoms with Crippen LogP contribution in [-0.2, 0) is 0 Å². The molecule has 3 aromatic rings. The Bertz CT molecular complexity index is 1020. The molecule has 3 aromatic carbocycles. The highest BCUT2D eigenvalue weighted by atomic mass is 79.9. The van der Waals surface area contributed by atoms with Gasteiger partial charge >= 0.3 is 0 Å². The molecule has 0 radical (unpaired) electrons. The van der Waals surface area contributed by atoms with Crippen molar-refractivity contribution in [2.75, 3.05) is 10.6 Å². The number of halogens is 2. The molecule has 0 aliphatic heterocycles. The van der Waals surface area contributed by atoms with Crippen LogP contribution in [0.15, 0.2) is 75.7 Å². The Balaban J connectivity index is 1.87. The molecule has 136 valence electrons. The van der Waals surface area contributed by atoms with Crippen molar-refractivity contribution in [2.45, 2.75) is 6.92 Å². The van der Waals surface area contributed by atoms with E-state index in [-0.39, 0.29) is 11.8 Å². The standard InChI is InChI=1S/C21H16Br2N2O2/c1-13-10-11-18(24-20(26)14-6-2-4-8-16(14)22)19(12-13)25-21(27)15-7-3-5-9-17(15)23/h2-12H,1H3,(H,24,26)(H,25,27). The summed E-state index contributed by atoms with van der Waals surface area (Å²) >= 11 is 6.77. The van der Waals surface area contributed by atoms with Gasteiger partial charge < -0.3 is 10.6 Å². The number of carbonyl (C=O) groups excluding carboxylic acids is 2. The smallest absolute Gasteiger partial charge is 0.256 e. The minimum atomic E-state index is -0.261. The highest BCUT2D eigenvalue weighted by molar-refractivity contribution is 9.10. The van der Waals surface area contributed by atoms with Crippen molar-refractivity contribution in [3.05, 3.63) is 92.4 Å². The van der Waals surface area contributed by atoms with Gasteiger partial charge in [0.15, 0.2) is 0 Å². The number of amides is 2. The normalized spacial score (nSPS) is 10.3. The Morgan fingerprint density at radius 1 is 0.704 bits per heavy atom. The lowest BCUT2D eigenvalue weighted by Crippen LogP contribution is -2.17. The van der Waals surface area contributed by atoms with E-state index in [1.807, 2.05) is 31.2 Å². The van der Waals surface area contributed by atoms with Crippen molar-refractivity contribution in [1.82, 2.24) is 0 Å². The highest BCUT2D eigenvalue weighted by Crippen LogP contribution is 2.27. The molecule has 2 amide bonds. The maximum Gasteiger partial charge on any atom is 0.256 e. The Morgan fingerprint density at radius 3 is 1.70 bits per heavy atom. The maximum absolute atomic E-state index is 12.6. The fourth-order valence-corrected chi connectivity index (χ4v) is 3.47. The van der Waals surface area contributed by atoms with Crippen LogP contribution in [0.3, 0.4) is 0 Å². The second-order valence-electron chi connectivity index (χ2n) is 5.92. The van der Waals surface area contributed by atoms with Crippen LogP contribution in [0.4, 0.5) is 11.4 Å². The van der Waals surface area contributed by atoms with Gasteiger partial charge in [-0.1, -0.05) is 30.3 Å². The van der Waals surface area contributed by atoms with Crippen LogP contribution in [0.1, 0.15) is 26.3 Å². The van der Waals surface area contributed by atoms with Crippen LogP contribution in [0.5, 0.6) is 0 Å². The first-order valence-corrected chi connectivity index (χ1v) is 9.76. The number of nitrogens with one attached hydrogen (secondary N) is 2. The van der Waals surface area contributed by atoms with Crippen LogP contribution >= 0.6 is 31.9 Å². The van der Waals surface area contributed by atoms with Crippen molar-refractivity contribution >= 4 is 55.0 Å². The van der Waals surface area contributed by atoms with E-state index in [2.05, 4.69) is 42.5 Å². The lowest BCUT2D eigenvalue weighted by atomic mass is 10.1. The van der Waals surface area contributed by atoms with Crippen LogP contribution in [-0.4, -0.2) is 11.8 Å². The quantitative estimate of drug-likeness (QED) is 0.472. The number of hydrogen-bond acceptors (Lipinski definition) is 2. The van der Waals surface area contributed by atoms with Gasteiger partial charge in [0.1, 0.15) is 0 Å². The molecule has 6 heteroatoms. The maximum atomic E-state index is 12.6. The molecular formula is C21H16Br2N2O2. The van der Waals surface area contributed by atoms with Gasteiger partial charge in [-0.15, -0.1) is 0 Å². The summed E-state index contributed by atoms with van der Waals surface area (Å²) < 4.78 is 1.40. The Morgan fingerprint density at radius 2 is 1.19 bits per heavy atom. The summed E-state index contributed by atoms with van der Waals surface area (Å²) in [5.41, 5.74) is 3.07. The number of hydrogen-bond donors (Lipinski definition) is 2. The van der Waals surface area contributed by atoms with E-state index in [9.17, 15) is 9.59 Å². The molecule has 0 atom stereocenters. The zero-order chi connectivity index (χ0) is 19.4.